The van der Waals surface area contributed by atoms with Crippen LogP contribution in [-0.2, 0) is 4.79 Å². The molecule has 0 radical (unpaired) electrons. The van der Waals surface area contributed by atoms with Gasteiger partial charge in [0, 0.05) is 5.56 Å². The lowest BCUT2D eigenvalue weighted by Crippen LogP contribution is -2.24. The number of methoxy groups -OCH3 is 1. The molecule has 1 amide bonds. The third kappa shape index (κ3) is 4.41. The Kier molecular flexibility index (Phi) is 5.36. The van der Waals surface area contributed by atoms with Gasteiger partial charge in [-0.1, -0.05) is 6.07 Å². The molecule has 0 aliphatic carbocycles. The third-order valence-corrected chi connectivity index (χ3v) is 3.42. The average molecular weight is 342 g/mol. The van der Waals surface area contributed by atoms with Gasteiger partial charge >= 0.3 is 0 Å². The van der Waals surface area contributed by atoms with E-state index >= 15 is 0 Å². The topological polar surface area (TPSA) is 78.4 Å². The molecular weight excluding hydrogens is 324 g/mol. The van der Waals surface area contributed by atoms with Crippen LogP contribution in [0.15, 0.2) is 47.6 Å². The van der Waals surface area contributed by atoms with Crippen molar-refractivity contribution in [3.05, 3.63) is 48.0 Å². The summed E-state index contributed by atoms with van der Waals surface area (Å²) in [7, 11) is 1.59. The molecule has 2 aromatic rings. The summed E-state index contributed by atoms with van der Waals surface area (Å²) < 4.78 is 21.5. The molecule has 3 rings (SSSR count). The zero-order chi connectivity index (χ0) is 17.5. The number of nitrogens with zero attached hydrogens (tertiary/aromatic N) is 1. The minimum atomic E-state index is -0.367. The molecule has 0 atom stereocenters. The predicted octanol–water partition coefficient (Wildman–Crippen LogP) is 2.00. The number of carbonyl (C=O) groups is 1. The highest BCUT2D eigenvalue weighted by molar-refractivity contribution is 5.86. The lowest BCUT2D eigenvalue weighted by atomic mass is 10.2. The molecule has 0 aromatic heterocycles. The SMILES string of the molecule is COc1ccc(OCC(=O)N/N=C\c2cccc3c2OCCO3)cc1. The van der Waals surface area contributed by atoms with Crippen molar-refractivity contribution in [2.45, 2.75) is 0 Å². The normalized spacial score (nSPS) is 12.7. The first-order chi connectivity index (χ1) is 12.3. The number of hydrogen-bond donors (Lipinski definition) is 1. The van der Waals surface area contributed by atoms with E-state index in [-0.39, 0.29) is 12.5 Å². The van der Waals surface area contributed by atoms with E-state index in [0.29, 0.717) is 30.5 Å². The number of benzene rings is 2. The largest absolute Gasteiger partial charge is 0.497 e. The Balaban J connectivity index is 1.51. The summed E-state index contributed by atoms with van der Waals surface area (Å²) in [6, 6.07) is 12.5. The summed E-state index contributed by atoms with van der Waals surface area (Å²) in [5, 5.41) is 3.93. The van der Waals surface area contributed by atoms with Gasteiger partial charge in [0.1, 0.15) is 24.7 Å². The number of ether oxygens (including phenoxy) is 4. The van der Waals surface area contributed by atoms with Crippen LogP contribution in [0.5, 0.6) is 23.0 Å². The maximum atomic E-state index is 11.8. The van der Waals surface area contributed by atoms with E-state index in [0.717, 1.165) is 11.3 Å². The second-order valence-corrected chi connectivity index (χ2v) is 5.13. The molecule has 2 aromatic carbocycles. The van der Waals surface area contributed by atoms with Gasteiger partial charge in [-0.25, -0.2) is 5.43 Å². The molecule has 0 unspecified atom stereocenters. The van der Waals surface area contributed by atoms with Gasteiger partial charge in [-0.2, -0.15) is 5.10 Å². The minimum Gasteiger partial charge on any atom is -0.497 e. The first-order valence-corrected chi connectivity index (χ1v) is 7.73. The Bertz CT molecular complexity index is 759. The van der Waals surface area contributed by atoms with Gasteiger partial charge in [0.05, 0.1) is 13.3 Å². The molecule has 1 aliphatic heterocycles. The first-order valence-electron chi connectivity index (χ1n) is 7.73. The summed E-state index contributed by atoms with van der Waals surface area (Å²) in [5.74, 6) is 2.22. The van der Waals surface area contributed by atoms with Gasteiger partial charge in [0.15, 0.2) is 18.1 Å². The molecular formula is C18H18N2O5. The van der Waals surface area contributed by atoms with E-state index in [4.69, 9.17) is 18.9 Å². The van der Waals surface area contributed by atoms with E-state index < -0.39 is 0 Å². The first kappa shape index (κ1) is 16.6. The summed E-state index contributed by atoms with van der Waals surface area (Å²) in [5.41, 5.74) is 3.15. The van der Waals surface area contributed by atoms with E-state index in [1.165, 1.54) is 6.21 Å². The van der Waals surface area contributed by atoms with Crippen LogP contribution in [0, 0.1) is 0 Å². The summed E-state index contributed by atoms with van der Waals surface area (Å²) in [6.45, 7) is 0.864. The zero-order valence-electron chi connectivity index (χ0n) is 13.7. The fraction of sp³-hybridized carbons (Fsp3) is 0.222. The highest BCUT2D eigenvalue weighted by Gasteiger charge is 2.14. The van der Waals surface area contributed by atoms with Crippen molar-refractivity contribution in [2.75, 3.05) is 26.9 Å². The number of para-hydroxylation sites is 1. The molecule has 0 bridgehead atoms. The molecule has 1 aliphatic rings. The molecule has 7 heteroatoms. The highest BCUT2D eigenvalue weighted by atomic mass is 16.6. The van der Waals surface area contributed by atoms with Crippen LogP contribution in [0.4, 0.5) is 0 Å². The van der Waals surface area contributed by atoms with Crippen molar-refractivity contribution in [3.63, 3.8) is 0 Å². The molecule has 0 spiro atoms. The van der Waals surface area contributed by atoms with Crippen molar-refractivity contribution in [1.82, 2.24) is 5.43 Å². The lowest BCUT2D eigenvalue weighted by molar-refractivity contribution is -0.123. The maximum absolute atomic E-state index is 11.8. The van der Waals surface area contributed by atoms with Gasteiger partial charge < -0.3 is 18.9 Å². The van der Waals surface area contributed by atoms with Gasteiger partial charge in [-0.15, -0.1) is 0 Å². The molecule has 1 heterocycles. The Morgan fingerprint density at radius 2 is 1.92 bits per heavy atom. The number of amides is 1. The van der Waals surface area contributed by atoms with Crippen LogP contribution >= 0.6 is 0 Å². The second-order valence-electron chi connectivity index (χ2n) is 5.13. The second kappa shape index (κ2) is 8.05. The molecule has 1 N–H and O–H groups in total. The maximum Gasteiger partial charge on any atom is 0.277 e. The number of carbonyl (C=O) groups excluding carboxylic acids is 1. The van der Waals surface area contributed by atoms with Crippen LogP contribution < -0.4 is 24.4 Å². The molecule has 130 valence electrons. The predicted molar refractivity (Wildman–Crippen MR) is 91.7 cm³/mol. The molecule has 0 saturated carbocycles. The number of nitrogens with one attached hydrogen (secondary N) is 1. The van der Waals surface area contributed by atoms with Crippen molar-refractivity contribution in [1.29, 1.82) is 0 Å². The summed E-state index contributed by atoms with van der Waals surface area (Å²) in [4.78, 5) is 11.8. The Labute approximate surface area is 145 Å². The summed E-state index contributed by atoms with van der Waals surface area (Å²) in [6.07, 6.45) is 1.51. The van der Waals surface area contributed by atoms with Gasteiger partial charge in [0.25, 0.3) is 5.91 Å². The average Bonchev–Trinajstić information content (AvgIpc) is 2.67. The molecule has 25 heavy (non-hydrogen) atoms. The standard InChI is InChI=1S/C18H18N2O5/c1-22-14-5-7-15(8-6-14)25-12-17(21)20-19-11-13-3-2-4-16-18(13)24-10-9-23-16/h2-8,11H,9-10,12H2,1H3,(H,20,21)/b19-11-. The van der Waals surface area contributed by atoms with Crippen LogP contribution in [0.3, 0.4) is 0 Å². The van der Waals surface area contributed by atoms with Crippen LogP contribution in [0.2, 0.25) is 0 Å². The van der Waals surface area contributed by atoms with Crippen molar-refractivity contribution >= 4 is 12.1 Å². The quantitative estimate of drug-likeness (QED) is 0.642. The van der Waals surface area contributed by atoms with Crippen LogP contribution in [-0.4, -0.2) is 39.1 Å². The number of hydrazone groups is 1. The van der Waals surface area contributed by atoms with Gasteiger partial charge in [-0.3, -0.25) is 4.79 Å². The minimum absolute atomic E-state index is 0.143. The van der Waals surface area contributed by atoms with E-state index in [9.17, 15) is 4.79 Å². The van der Waals surface area contributed by atoms with E-state index in [1.807, 2.05) is 18.2 Å². The highest BCUT2D eigenvalue weighted by Crippen LogP contribution is 2.32. The summed E-state index contributed by atoms with van der Waals surface area (Å²) >= 11 is 0. The van der Waals surface area contributed by atoms with E-state index in [2.05, 4.69) is 10.5 Å². The molecule has 7 nitrogen and oxygen atoms in total. The third-order valence-electron chi connectivity index (χ3n) is 3.42. The monoisotopic (exact) mass is 342 g/mol. The van der Waals surface area contributed by atoms with Gasteiger partial charge in [-0.05, 0) is 36.4 Å². The number of hydrogen-bond acceptors (Lipinski definition) is 6. The molecule has 0 saturated heterocycles. The van der Waals surface area contributed by atoms with Crippen LogP contribution in [0.25, 0.3) is 0 Å². The van der Waals surface area contributed by atoms with Crippen LogP contribution in [0.1, 0.15) is 5.56 Å². The fourth-order valence-corrected chi connectivity index (χ4v) is 2.22. The van der Waals surface area contributed by atoms with Crippen molar-refractivity contribution < 1.29 is 23.7 Å². The smallest absolute Gasteiger partial charge is 0.277 e. The Hall–Kier alpha value is -3.22. The van der Waals surface area contributed by atoms with E-state index in [1.54, 1.807) is 31.4 Å². The Morgan fingerprint density at radius 1 is 1.16 bits per heavy atom. The van der Waals surface area contributed by atoms with Crippen molar-refractivity contribution in [3.8, 4) is 23.0 Å². The van der Waals surface area contributed by atoms with Gasteiger partial charge in [0.2, 0.25) is 0 Å². The lowest BCUT2D eigenvalue weighted by Gasteiger charge is -2.19. The molecule has 0 fully saturated rings. The van der Waals surface area contributed by atoms with Crippen molar-refractivity contribution in [2.24, 2.45) is 5.10 Å². The fourth-order valence-electron chi connectivity index (χ4n) is 2.22. The number of fused-ring (bicyclic) bond motifs is 1. The number of rotatable bonds is 6. The zero-order valence-corrected chi connectivity index (χ0v) is 13.7. The Morgan fingerprint density at radius 3 is 2.72 bits per heavy atom.